The highest BCUT2D eigenvalue weighted by Crippen LogP contribution is 2.15. The average Bonchev–Trinajstić information content (AvgIpc) is 3.41. The Kier molecular flexibility index (Phi) is 24.8. The van der Waals surface area contributed by atoms with Gasteiger partial charge in [-0.25, -0.2) is 4.79 Å². The minimum atomic E-state index is -0.719. The summed E-state index contributed by atoms with van der Waals surface area (Å²) >= 11 is 0. The molecule has 57 heavy (non-hydrogen) atoms. The van der Waals surface area contributed by atoms with E-state index in [2.05, 4.69) is 10.6 Å². The highest BCUT2D eigenvalue weighted by molar-refractivity contribution is 6.13. The zero-order valence-corrected chi connectivity index (χ0v) is 37.3. The molecule has 1 rings (SSSR count). The van der Waals surface area contributed by atoms with E-state index in [9.17, 15) is 47.9 Å². The van der Waals surface area contributed by atoms with Crippen LogP contribution in [0.2, 0.25) is 0 Å². The van der Waals surface area contributed by atoms with Crippen molar-refractivity contribution < 1.29 is 52.7 Å². The van der Waals surface area contributed by atoms with Crippen molar-refractivity contribution in [1.29, 1.82) is 0 Å². The van der Waals surface area contributed by atoms with Crippen LogP contribution in [0.15, 0.2) is 12.2 Å². The van der Waals surface area contributed by atoms with E-state index in [0.29, 0.717) is 6.42 Å². The lowest BCUT2D eigenvalue weighted by molar-refractivity contribution is -0.137. The molecule has 0 aromatic heterocycles. The quantitative estimate of drug-likeness (QED) is 0.140. The average molecular weight is 806 g/mol. The zero-order chi connectivity index (χ0) is 45.1. The van der Waals surface area contributed by atoms with Crippen LogP contribution in [0.5, 0.6) is 0 Å². The van der Waals surface area contributed by atoms with Crippen molar-refractivity contribution in [2.45, 2.75) is 154 Å². The van der Waals surface area contributed by atoms with Gasteiger partial charge in [0, 0.05) is 85.8 Å². The maximum atomic E-state index is 12.1. The number of carbonyl (C=O) groups is 10. The predicted molar refractivity (Wildman–Crippen MR) is 218 cm³/mol. The number of carbonyl (C=O) groups excluding carboxylic acids is 10. The summed E-state index contributed by atoms with van der Waals surface area (Å²) in [5.74, 6) is -2.24. The first kappa shape index (κ1) is 54.7. The molecule has 0 aliphatic carbocycles. The van der Waals surface area contributed by atoms with Crippen molar-refractivity contribution in [3.05, 3.63) is 12.2 Å². The maximum Gasteiger partial charge on any atom is 0.408 e. The Morgan fingerprint density at radius 2 is 0.877 bits per heavy atom. The predicted octanol–water partition coefficient (Wildman–Crippen LogP) is 5.81. The van der Waals surface area contributed by atoms with Gasteiger partial charge in [0.05, 0.1) is 12.1 Å². The molecule has 0 saturated carbocycles. The van der Waals surface area contributed by atoms with Crippen LogP contribution in [0, 0.1) is 41.4 Å². The Morgan fingerprint density at radius 1 is 0.544 bits per heavy atom. The molecule has 0 saturated heterocycles. The van der Waals surface area contributed by atoms with Gasteiger partial charge < -0.3 is 15.4 Å². The molecule has 1 aliphatic heterocycles. The fourth-order valence-corrected chi connectivity index (χ4v) is 5.33. The van der Waals surface area contributed by atoms with Crippen LogP contribution in [0.1, 0.15) is 136 Å². The second kappa shape index (κ2) is 25.8. The molecule has 4 amide bonds. The number of amides is 4. The van der Waals surface area contributed by atoms with Gasteiger partial charge in [0.1, 0.15) is 28.7 Å². The lowest BCUT2D eigenvalue weighted by Gasteiger charge is -2.22. The van der Waals surface area contributed by atoms with Gasteiger partial charge in [0.15, 0.2) is 11.6 Å². The van der Waals surface area contributed by atoms with Crippen LogP contribution in [-0.2, 0) is 47.9 Å². The largest absolute Gasteiger partial charge is 0.444 e. The minimum absolute atomic E-state index is 0.0143. The van der Waals surface area contributed by atoms with E-state index in [1.807, 2.05) is 48.5 Å². The zero-order valence-electron chi connectivity index (χ0n) is 37.3. The Balaban J connectivity index is 0. The van der Waals surface area contributed by atoms with Crippen molar-refractivity contribution >= 4 is 58.5 Å². The molecule has 324 valence electrons. The summed E-state index contributed by atoms with van der Waals surface area (Å²) in [6.45, 7) is 28.3. The summed E-state index contributed by atoms with van der Waals surface area (Å²) in [4.78, 5) is 117. The van der Waals surface area contributed by atoms with Crippen LogP contribution >= 0.6 is 0 Å². The molecule has 5 atom stereocenters. The molecule has 1 heterocycles. The molecule has 0 fully saturated rings. The first-order valence-corrected chi connectivity index (χ1v) is 19.9. The number of nitrogens with zero attached hydrogens (tertiary/aromatic N) is 1. The van der Waals surface area contributed by atoms with Crippen LogP contribution < -0.4 is 10.6 Å². The fourth-order valence-electron chi connectivity index (χ4n) is 5.33. The summed E-state index contributed by atoms with van der Waals surface area (Å²) in [5, 5.41) is 5.03. The van der Waals surface area contributed by atoms with E-state index in [1.54, 1.807) is 62.3 Å². The molecule has 14 nitrogen and oxygen atoms in total. The monoisotopic (exact) mass is 806 g/mol. The maximum absolute atomic E-state index is 12.1. The van der Waals surface area contributed by atoms with Crippen molar-refractivity contribution in [1.82, 2.24) is 15.5 Å². The first-order chi connectivity index (χ1) is 25.9. The Bertz CT molecular complexity index is 1450. The molecule has 0 unspecified atom stereocenters. The first-order valence-electron chi connectivity index (χ1n) is 19.9. The highest BCUT2D eigenvalue weighted by atomic mass is 16.6. The summed E-state index contributed by atoms with van der Waals surface area (Å²) in [6.07, 6.45) is 2.21. The Labute approximate surface area is 340 Å². The number of rotatable bonds is 20. The molecule has 0 aromatic carbocycles. The van der Waals surface area contributed by atoms with Crippen LogP contribution in [0.25, 0.3) is 0 Å². The Hall–Kier alpha value is -4.36. The number of alkyl carbamates (subject to hydrolysis) is 1. The normalized spacial score (nSPS) is 15.1. The minimum Gasteiger partial charge on any atom is -0.444 e. The topological polar surface area (TPSA) is 207 Å². The standard InChI is InChI=1S/C17H24N2O5.C15H27NO4.C11H20O2/c1-10(2)17(24)11(3)9-13(20)12(4)18-14(21)7-8-19-15(22)5-6-16(19)23;1-9(2)13(18)10(3)8-12(17)11(4)16-14(19)20-15(5,6)7;1-7(2)10(12)6-9(5)11(13)8(3)4/h5-6,10-12H,7-9H2,1-4H3,(H,18,21);9-11H,8H2,1-7H3,(H,16,19);7-9H,6H2,1-5H3/t11-,12+;10-,11+;9-/m111/s1. The summed E-state index contributed by atoms with van der Waals surface area (Å²) in [7, 11) is 0. The second-order valence-corrected chi connectivity index (χ2v) is 17.1. The van der Waals surface area contributed by atoms with Gasteiger partial charge >= 0.3 is 6.09 Å². The molecule has 0 radical (unpaired) electrons. The number of hydrogen-bond donors (Lipinski definition) is 2. The van der Waals surface area contributed by atoms with E-state index in [0.717, 1.165) is 17.1 Å². The van der Waals surface area contributed by atoms with Crippen LogP contribution in [0.4, 0.5) is 4.79 Å². The number of Topliss-reactive ketones (excluding diaryl/α,β-unsaturated/α-hetero) is 6. The van der Waals surface area contributed by atoms with E-state index < -0.39 is 41.5 Å². The van der Waals surface area contributed by atoms with Gasteiger partial charge in [-0.05, 0) is 34.6 Å². The van der Waals surface area contributed by atoms with E-state index in [1.165, 1.54) is 0 Å². The molecule has 0 bridgehead atoms. The second-order valence-electron chi connectivity index (χ2n) is 17.1. The third-order valence-electron chi connectivity index (χ3n) is 8.87. The molecule has 2 N–H and O–H groups in total. The van der Waals surface area contributed by atoms with Crippen molar-refractivity contribution in [2.24, 2.45) is 41.4 Å². The third kappa shape index (κ3) is 22.8. The summed E-state index contributed by atoms with van der Waals surface area (Å²) < 4.78 is 5.08. The third-order valence-corrected chi connectivity index (χ3v) is 8.87. The lowest BCUT2D eigenvalue weighted by Crippen LogP contribution is -2.42. The van der Waals surface area contributed by atoms with Gasteiger partial charge in [0.2, 0.25) is 5.91 Å². The number of ketones is 6. The van der Waals surface area contributed by atoms with Crippen molar-refractivity contribution in [3.63, 3.8) is 0 Å². The van der Waals surface area contributed by atoms with E-state index >= 15 is 0 Å². The highest BCUT2D eigenvalue weighted by Gasteiger charge is 2.27. The van der Waals surface area contributed by atoms with E-state index in [-0.39, 0.29) is 102 Å². The van der Waals surface area contributed by atoms with E-state index in [4.69, 9.17) is 4.74 Å². The van der Waals surface area contributed by atoms with Gasteiger partial charge in [-0.1, -0.05) is 76.2 Å². The SMILES string of the molecule is CC(C)C(=O)C[C@@H](C)C(=O)C(C)C.CC(C)C(=O)[C@H](C)CC(=O)[C@H](C)NC(=O)CCN1C(=O)C=CC1=O.CC(C)C(=O)[C@H](C)CC(=O)[C@H](C)NC(=O)OC(C)(C)C. The molecule has 14 heteroatoms. The molecule has 0 aromatic rings. The van der Waals surface area contributed by atoms with Crippen LogP contribution in [-0.4, -0.2) is 87.6 Å². The van der Waals surface area contributed by atoms with Crippen LogP contribution in [0.3, 0.4) is 0 Å². The van der Waals surface area contributed by atoms with Gasteiger partial charge in [0.25, 0.3) is 11.8 Å². The number of imide groups is 1. The van der Waals surface area contributed by atoms with Crippen molar-refractivity contribution in [2.75, 3.05) is 6.54 Å². The fraction of sp³-hybridized carbons (Fsp3) is 0.721. The molecule has 1 aliphatic rings. The smallest absolute Gasteiger partial charge is 0.408 e. The Morgan fingerprint density at radius 3 is 1.19 bits per heavy atom. The molecule has 0 spiro atoms. The number of ether oxygens (including phenoxy) is 1. The van der Waals surface area contributed by atoms with Crippen molar-refractivity contribution in [3.8, 4) is 0 Å². The van der Waals surface area contributed by atoms with Gasteiger partial charge in [-0.2, -0.15) is 0 Å². The number of hydrogen-bond acceptors (Lipinski definition) is 11. The summed E-state index contributed by atoms with van der Waals surface area (Å²) in [5.41, 5.74) is -0.603. The van der Waals surface area contributed by atoms with Gasteiger partial charge in [-0.3, -0.25) is 48.1 Å². The lowest BCUT2D eigenvalue weighted by atomic mass is 9.90. The molecular weight excluding hydrogens is 734 g/mol. The number of nitrogens with one attached hydrogen (secondary N) is 2. The summed E-state index contributed by atoms with van der Waals surface area (Å²) in [6, 6.07) is -1.38. The molecular formula is C43H71N3O11. The van der Waals surface area contributed by atoms with Gasteiger partial charge in [-0.15, -0.1) is 0 Å².